The molecule has 1 aromatic heterocycles. The molecule has 2 aliphatic carbocycles. The summed E-state index contributed by atoms with van der Waals surface area (Å²) < 4.78 is 5.42. The molecule has 7 nitrogen and oxygen atoms in total. The molecule has 138 valence electrons. The van der Waals surface area contributed by atoms with Gasteiger partial charge in [0.25, 0.3) is 5.91 Å². The van der Waals surface area contributed by atoms with Crippen molar-refractivity contribution in [1.29, 1.82) is 0 Å². The predicted molar refractivity (Wildman–Crippen MR) is 97.7 cm³/mol. The third kappa shape index (κ3) is 4.03. The summed E-state index contributed by atoms with van der Waals surface area (Å²) in [5.74, 6) is 0.608. The molecule has 2 saturated carbocycles. The number of ether oxygens (including phenoxy) is 1. The van der Waals surface area contributed by atoms with Gasteiger partial charge in [0.05, 0.1) is 11.7 Å². The van der Waals surface area contributed by atoms with Gasteiger partial charge in [-0.2, -0.15) is 4.98 Å². The van der Waals surface area contributed by atoms with Crippen LogP contribution in [-0.4, -0.2) is 40.7 Å². The number of nitrogens with two attached hydrogens (primary N) is 1. The van der Waals surface area contributed by atoms with E-state index in [1.54, 1.807) is 7.11 Å². The zero-order valence-corrected chi connectivity index (χ0v) is 15.2. The van der Waals surface area contributed by atoms with Crippen molar-refractivity contribution >= 4 is 17.7 Å². The molecule has 2 aliphatic rings. The lowest BCUT2D eigenvalue weighted by Crippen LogP contribution is -2.45. The van der Waals surface area contributed by atoms with Crippen LogP contribution >= 0.6 is 0 Å². The third-order valence-corrected chi connectivity index (χ3v) is 5.77. The first kappa shape index (κ1) is 17.9. The Bertz CT molecular complexity index is 604. The zero-order valence-electron chi connectivity index (χ0n) is 15.2. The fraction of sp³-hybridized carbons (Fsp3) is 0.722. The molecule has 3 rings (SSSR count). The van der Waals surface area contributed by atoms with Crippen molar-refractivity contribution in [3.8, 4) is 0 Å². The first-order valence-corrected chi connectivity index (χ1v) is 9.29. The van der Waals surface area contributed by atoms with Crippen molar-refractivity contribution in [1.82, 2.24) is 9.97 Å². The summed E-state index contributed by atoms with van der Waals surface area (Å²) in [6.45, 7) is 2.16. The largest absolute Gasteiger partial charge is 0.381 e. The number of rotatable bonds is 7. The molecule has 7 heteroatoms. The molecule has 0 unspecified atom stereocenters. The number of aromatic nitrogens is 2. The fourth-order valence-electron chi connectivity index (χ4n) is 3.77. The number of hydrogen-bond acceptors (Lipinski definition) is 6. The van der Waals surface area contributed by atoms with Crippen LogP contribution in [0.5, 0.6) is 0 Å². The van der Waals surface area contributed by atoms with Crippen LogP contribution in [0.3, 0.4) is 0 Å². The molecule has 0 saturated heterocycles. The Morgan fingerprint density at radius 1 is 1.36 bits per heavy atom. The van der Waals surface area contributed by atoms with Gasteiger partial charge in [-0.05, 0) is 51.4 Å². The maximum Gasteiger partial charge on any atom is 0.254 e. The fourth-order valence-corrected chi connectivity index (χ4v) is 3.77. The topological polar surface area (TPSA) is 102 Å². The second-order valence-electron chi connectivity index (χ2n) is 7.29. The number of amides is 1. The molecule has 1 amide bonds. The number of nitrogens with zero attached hydrogens (tertiary/aromatic N) is 2. The minimum Gasteiger partial charge on any atom is -0.381 e. The van der Waals surface area contributed by atoms with Gasteiger partial charge in [-0.3, -0.25) is 4.79 Å². The summed E-state index contributed by atoms with van der Waals surface area (Å²) in [5, 5.41) is 6.88. The monoisotopic (exact) mass is 347 g/mol. The summed E-state index contributed by atoms with van der Waals surface area (Å²) >= 11 is 0. The van der Waals surface area contributed by atoms with Gasteiger partial charge in [0, 0.05) is 24.9 Å². The second kappa shape index (κ2) is 7.56. The van der Waals surface area contributed by atoms with E-state index in [0.717, 1.165) is 44.9 Å². The smallest absolute Gasteiger partial charge is 0.254 e. The molecule has 0 radical (unpaired) electrons. The zero-order chi connectivity index (χ0) is 17.9. The predicted octanol–water partition coefficient (Wildman–Crippen LogP) is 2.69. The molecular formula is C18H29N5O2. The SMILES string of the molecule is CCC1(Nc2nc(N[C@H]3CC[C@H](OC)CC3)ncc2C(N)=O)CCC1. The number of carbonyl (C=O) groups is 1. The molecule has 1 aromatic rings. The van der Waals surface area contributed by atoms with Gasteiger partial charge in [-0.25, -0.2) is 4.98 Å². The molecule has 1 heterocycles. The van der Waals surface area contributed by atoms with Crippen LogP contribution < -0.4 is 16.4 Å². The van der Waals surface area contributed by atoms with Crippen LogP contribution in [0.4, 0.5) is 11.8 Å². The highest BCUT2D eigenvalue weighted by Crippen LogP contribution is 2.38. The van der Waals surface area contributed by atoms with Crippen molar-refractivity contribution in [3.63, 3.8) is 0 Å². The minimum absolute atomic E-state index is 0.0341. The van der Waals surface area contributed by atoms with Crippen LogP contribution in [-0.2, 0) is 4.74 Å². The summed E-state index contributed by atoms with van der Waals surface area (Å²) in [5.41, 5.74) is 5.90. The molecule has 0 bridgehead atoms. The summed E-state index contributed by atoms with van der Waals surface area (Å²) in [6, 6.07) is 0.336. The average molecular weight is 347 g/mol. The van der Waals surface area contributed by atoms with E-state index in [1.165, 1.54) is 12.6 Å². The summed E-state index contributed by atoms with van der Waals surface area (Å²) in [4.78, 5) is 20.6. The van der Waals surface area contributed by atoms with E-state index >= 15 is 0 Å². The Morgan fingerprint density at radius 2 is 2.08 bits per heavy atom. The van der Waals surface area contributed by atoms with Gasteiger partial charge >= 0.3 is 0 Å². The van der Waals surface area contributed by atoms with Gasteiger partial charge < -0.3 is 21.1 Å². The molecule has 4 N–H and O–H groups in total. The lowest BCUT2D eigenvalue weighted by molar-refractivity contribution is 0.0681. The van der Waals surface area contributed by atoms with E-state index < -0.39 is 5.91 Å². The highest BCUT2D eigenvalue weighted by Gasteiger charge is 2.36. The number of primary amides is 1. The summed E-state index contributed by atoms with van der Waals surface area (Å²) in [6.07, 6.45) is 10.4. The van der Waals surface area contributed by atoms with E-state index in [0.29, 0.717) is 29.5 Å². The standard InChI is InChI=1S/C18H29N5O2/c1-3-18(9-4-10-18)23-16-14(15(19)24)11-20-17(22-16)21-12-5-7-13(25-2)8-6-12/h11-13H,3-10H2,1-2H3,(H2,19,24)(H2,20,21,22,23)/t12-,13-. The lowest BCUT2D eigenvalue weighted by Gasteiger charge is -2.42. The summed E-state index contributed by atoms with van der Waals surface area (Å²) in [7, 11) is 1.77. The third-order valence-electron chi connectivity index (χ3n) is 5.77. The first-order chi connectivity index (χ1) is 12.0. The van der Waals surface area contributed by atoms with Crippen molar-refractivity contribution in [2.75, 3.05) is 17.7 Å². The van der Waals surface area contributed by atoms with Crippen molar-refractivity contribution in [2.24, 2.45) is 5.73 Å². The van der Waals surface area contributed by atoms with Gasteiger partial charge in [0.2, 0.25) is 5.95 Å². The molecule has 0 aliphatic heterocycles. The number of nitrogens with one attached hydrogen (secondary N) is 2. The maximum atomic E-state index is 11.7. The first-order valence-electron chi connectivity index (χ1n) is 9.29. The van der Waals surface area contributed by atoms with Crippen molar-refractivity contribution < 1.29 is 9.53 Å². The highest BCUT2D eigenvalue weighted by atomic mass is 16.5. The van der Waals surface area contributed by atoms with Crippen molar-refractivity contribution in [3.05, 3.63) is 11.8 Å². The van der Waals surface area contributed by atoms with Crippen LogP contribution in [0.2, 0.25) is 0 Å². The number of methoxy groups -OCH3 is 1. The molecule has 0 aromatic carbocycles. The number of carbonyl (C=O) groups excluding carboxylic acids is 1. The van der Waals surface area contributed by atoms with Crippen LogP contribution in [0, 0.1) is 0 Å². The van der Waals surface area contributed by atoms with Crippen LogP contribution in [0.15, 0.2) is 6.20 Å². The average Bonchev–Trinajstić information content (AvgIpc) is 2.59. The van der Waals surface area contributed by atoms with Gasteiger partial charge in [-0.1, -0.05) is 6.92 Å². The Kier molecular flexibility index (Phi) is 5.42. The van der Waals surface area contributed by atoms with E-state index in [-0.39, 0.29) is 5.54 Å². The Balaban J connectivity index is 1.72. The maximum absolute atomic E-state index is 11.7. The quantitative estimate of drug-likeness (QED) is 0.701. The number of anilines is 2. The van der Waals surface area contributed by atoms with Crippen LogP contribution in [0.25, 0.3) is 0 Å². The Hall–Kier alpha value is -1.89. The minimum atomic E-state index is -0.500. The van der Waals surface area contributed by atoms with Crippen LogP contribution in [0.1, 0.15) is 68.6 Å². The Labute approximate surface area is 149 Å². The molecule has 0 atom stereocenters. The highest BCUT2D eigenvalue weighted by molar-refractivity contribution is 5.97. The number of hydrogen-bond donors (Lipinski definition) is 3. The van der Waals surface area contributed by atoms with E-state index in [2.05, 4.69) is 27.5 Å². The van der Waals surface area contributed by atoms with E-state index in [4.69, 9.17) is 10.5 Å². The van der Waals surface area contributed by atoms with E-state index in [1.807, 2.05) is 0 Å². The lowest BCUT2D eigenvalue weighted by atomic mass is 9.75. The molecule has 2 fully saturated rings. The normalized spacial score (nSPS) is 25.0. The second-order valence-corrected chi connectivity index (χ2v) is 7.29. The Morgan fingerprint density at radius 3 is 2.60 bits per heavy atom. The molecular weight excluding hydrogens is 318 g/mol. The molecule has 25 heavy (non-hydrogen) atoms. The van der Waals surface area contributed by atoms with Gasteiger partial charge in [0.15, 0.2) is 0 Å². The molecule has 0 spiro atoms. The van der Waals surface area contributed by atoms with Crippen molar-refractivity contribution in [2.45, 2.75) is 76.0 Å². The van der Waals surface area contributed by atoms with E-state index in [9.17, 15) is 4.79 Å². The van der Waals surface area contributed by atoms with Gasteiger partial charge in [-0.15, -0.1) is 0 Å². The van der Waals surface area contributed by atoms with Gasteiger partial charge in [0.1, 0.15) is 5.82 Å².